The third-order valence-electron chi connectivity index (χ3n) is 4.90. The SMILES string of the molecule is O=C(NCc1ccccc1F)c1ccc(-c2ccccc2)nc1N1CCOCC1. The van der Waals surface area contributed by atoms with E-state index in [1.54, 1.807) is 24.3 Å². The molecule has 1 N–H and O–H groups in total. The maximum absolute atomic E-state index is 13.9. The summed E-state index contributed by atoms with van der Waals surface area (Å²) in [6.45, 7) is 2.63. The van der Waals surface area contributed by atoms with Crippen molar-refractivity contribution in [3.05, 3.63) is 83.7 Å². The first-order valence-electron chi connectivity index (χ1n) is 9.63. The number of morpholine rings is 1. The molecule has 4 rings (SSSR count). The molecule has 29 heavy (non-hydrogen) atoms. The molecule has 1 aromatic heterocycles. The van der Waals surface area contributed by atoms with Crippen LogP contribution in [0.4, 0.5) is 10.2 Å². The minimum atomic E-state index is -0.334. The van der Waals surface area contributed by atoms with Gasteiger partial charge in [0, 0.05) is 30.8 Å². The Morgan fingerprint density at radius 2 is 1.72 bits per heavy atom. The fourth-order valence-electron chi connectivity index (χ4n) is 3.32. The number of halogens is 1. The Hall–Kier alpha value is -3.25. The summed E-state index contributed by atoms with van der Waals surface area (Å²) in [6.07, 6.45) is 0. The number of hydrogen-bond donors (Lipinski definition) is 1. The Morgan fingerprint density at radius 1 is 1.00 bits per heavy atom. The number of aromatic nitrogens is 1. The molecule has 0 radical (unpaired) electrons. The van der Waals surface area contributed by atoms with Gasteiger partial charge in [0.2, 0.25) is 0 Å². The first-order valence-corrected chi connectivity index (χ1v) is 9.63. The first kappa shape index (κ1) is 19.1. The fourth-order valence-corrected chi connectivity index (χ4v) is 3.32. The second-order valence-corrected chi connectivity index (χ2v) is 6.81. The predicted molar refractivity (Wildman–Crippen MR) is 110 cm³/mol. The average molecular weight is 391 g/mol. The van der Waals surface area contributed by atoms with E-state index in [0.717, 1.165) is 11.3 Å². The van der Waals surface area contributed by atoms with E-state index in [1.165, 1.54) is 6.07 Å². The van der Waals surface area contributed by atoms with Gasteiger partial charge in [-0.2, -0.15) is 0 Å². The van der Waals surface area contributed by atoms with Crippen molar-refractivity contribution in [3.63, 3.8) is 0 Å². The zero-order valence-corrected chi connectivity index (χ0v) is 16.0. The van der Waals surface area contributed by atoms with Crippen molar-refractivity contribution < 1.29 is 13.9 Å². The molecule has 1 amide bonds. The van der Waals surface area contributed by atoms with Gasteiger partial charge in [-0.25, -0.2) is 9.37 Å². The van der Waals surface area contributed by atoms with E-state index < -0.39 is 0 Å². The smallest absolute Gasteiger partial charge is 0.255 e. The van der Waals surface area contributed by atoms with Crippen LogP contribution in [-0.2, 0) is 11.3 Å². The summed E-state index contributed by atoms with van der Waals surface area (Å²) in [7, 11) is 0. The van der Waals surface area contributed by atoms with Crippen LogP contribution < -0.4 is 10.2 Å². The Labute approximate surface area is 169 Å². The maximum Gasteiger partial charge on any atom is 0.255 e. The zero-order valence-electron chi connectivity index (χ0n) is 16.0. The monoisotopic (exact) mass is 391 g/mol. The molecular formula is C23H22FN3O2. The van der Waals surface area contributed by atoms with Crippen LogP contribution in [0.5, 0.6) is 0 Å². The van der Waals surface area contributed by atoms with Gasteiger partial charge in [0.15, 0.2) is 0 Å². The van der Waals surface area contributed by atoms with E-state index in [9.17, 15) is 9.18 Å². The van der Waals surface area contributed by atoms with Crippen LogP contribution in [0.1, 0.15) is 15.9 Å². The zero-order chi connectivity index (χ0) is 20.1. The molecule has 148 valence electrons. The Morgan fingerprint density at radius 3 is 2.48 bits per heavy atom. The number of nitrogens with one attached hydrogen (secondary N) is 1. The molecule has 3 aromatic rings. The second kappa shape index (κ2) is 8.84. The van der Waals surface area contributed by atoms with E-state index >= 15 is 0 Å². The molecule has 1 aliphatic rings. The first-order chi connectivity index (χ1) is 14.2. The van der Waals surface area contributed by atoms with E-state index in [0.29, 0.717) is 43.2 Å². The Kier molecular flexibility index (Phi) is 5.81. The van der Waals surface area contributed by atoms with Gasteiger partial charge in [0.25, 0.3) is 5.91 Å². The second-order valence-electron chi connectivity index (χ2n) is 6.81. The molecule has 0 unspecified atom stereocenters. The number of rotatable bonds is 5. The van der Waals surface area contributed by atoms with E-state index in [2.05, 4.69) is 10.2 Å². The van der Waals surface area contributed by atoms with Crippen molar-refractivity contribution in [2.24, 2.45) is 0 Å². The van der Waals surface area contributed by atoms with Gasteiger partial charge in [0.1, 0.15) is 11.6 Å². The normalized spacial score (nSPS) is 13.9. The van der Waals surface area contributed by atoms with Crippen LogP contribution in [-0.4, -0.2) is 37.2 Å². The summed E-state index contributed by atoms with van der Waals surface area (Å²) in [4.78, 5) is 19.8. The Balaban J connectivity index is 1.62. The number of nitrogens with zero attached hydrogens (tertiary/aromatic N) is 2. The highest BCUT2D eigenvalue weighted by molar-refractivity contribution is 5.99. The van der Waals surface area contributed by atoms with Crippen molar-refractivity contribution in [2.45, 2.75) is 6.54 Å². The largest absolute Gasteiger partial charge is 0.378 e. The molecular weight excluding hydrogens is 369 g/mol. The van der Waals surface area contributed by atoms with E-state index in [4.69, 9.17) is 9.72 Å². The minimum absolute atomic E-state index is 0.120. The summed E-state index contributed by atoms with van der Waals surface area (Å²) in [5, 5.41) is 2.82. The summed E-state index contributed by atoms with van der Waals surface area (Å²) >= 11 is 0. The predicted octanol–water partition coefficient (Wildman–Crippen LogP) is 3.65. The summed E-state index contributed by atoms with van der Waals surface area (Å²) in [5.41, 5.74) is 2.71. The number of hydrogen-bond acceptors (Lipinski definition) is 4. The van der Waals surface area contributed by atoms with E-state index in [-0.39, 0.29) is 18.3 Å². The molecule has 0 atom stereocenters. The van der Waals surface area contributed by atoms with Gasteiger partial charge in [-0.3, -0.25) is 4.79 Å². The molecule has 1 fully saturated rings. The number of benzene rings is 2. The summed E-state index contributed by atoms with van der Waals surface area (Å²) in [6, 6.07) is 19.9. The van der Waals surface area contributed by atoms with Crippen LogP contribution in [0.3, 0.4) is 0 Å². The molecule has 0 bridgehead atoms. The molecule has 2 heterocycles. The van der Waals surface area contributed by atoms with Crippen LogP contribution in [0, 0.1) is 5.82 Å². The number of amides is 1. The van der Waals surface area contributed by atoms with Gasteiger partial charge in [-0.05, 0) is 18.2 Å². The number of carbonyl (C=O) groups is 1. The van der Waals surface area contributed by atoms with Crippen molar-refractivity contribution in [1.82, 2.24) is 10.3 Å². The number of anilines is 1. The molecule has 0 aliphatic carbocycles. The number of pyridine rings is 1. The van der Waals surface area contributed by atoms with Gasteiger partial charge in [-0.1, -0.05) is 48.5 Å². The summed E-state index contributed by atoms with van der Waals surface area (Å²) in [5.74, 6) is 0.0151. The van der Waals surface area contributed by atoms with Crippen molar-refractivity contribution >= 4 is 11.7 Å². The van der Waals surface area contributed by atoms with Gasteiger partial charge in [0.05, 0.1) is 24.5 Å². The molecule has 0 saturated carbocycles. The minimum Gasteiger partial charge on any atom is -0.378 e. The van der Waals surface area contributed by atoms with Crippen LogP contribution in [0.15, 0.2) is 66.7 Å². The molecule has 0 spiro atoms. The lowest BCUT2D eigenvalue weighted by Gasteiger charge is -2.29. The number of carbonyl (C=O) groups excluding carboxylic acids is 1. The Bertz CT molecular complexity index is 988. The quantitative estimate of drug-likeness (QED) is 0.721. The van der Waals surface area contributed by atoms with Crippen molar-refractivity contribution in [1.29, 1.82) is 0 Å². The molecule has 2 aromatic carbocycles. The van der Waals surface area contributed by atoms with Crippen molar-refractivity contribution in [3.8, 4) is 11.3 Å². The van der Waals surface area contributed by atoms with Gasteiger partial charge < -0.3 is 15.0 Å². The third kappa shape index (κ3) is 4.43. The lowest BCUT2D eigenvalue weighted by atomic mass is 10.1. The van der Waals surface area contributed by atoms with E-state index in [1.807, 2.05) is 36.4 Å². The van der Waals surface area contributed by atoms with Crippen LogP contribution >= 0.6 is 0 Å². The van der Waals surface area contributed by atoms with Crippen LogP contribution in [0.2, 0.25) is 0 Å². The highest BCUT2D eigenvalue weighted by Crippen LogP contribution is 2.25. The summed E-state index contributed by atoms with van der Waals surface area (Å²) < 4.78 is 19.3. The van der Waals surface area contributed by atoms with Crippen LogP contribution in [0.25, 0.3) is 11.3 Å². The number of ether oxygens (including phenoxy) is 1. The van der Waals surface area contributed by atoms with Gasteiger partial charge >= 0.3 is 0 Å². The van der Waals surface area contributed by atoms with Crippen molar-refractivity contribution in [2.75, 3.05) is 31.2 Å². The lowest BCUT2D eigenvalue weighted by Crippen LogP contribution is -2.38. The highest BCUT2D eigenvalue weighted by atomic mass is 19.1. The molecule has 5 nitrogen and oxygen atoms in total. The molecule has 1 aliphatic heterocycles. The third-order valence-corrected chi connectivity index (χ3v) is 4.90. The maximum atomic E-state index is 13.9. The molecule has 6 heteroatoms. The van der Waals surface area contributed by atoms with Gasteiger partial charge in [-0.15, -0.1) is 0 Å². The molecule has 1 saturated heterocycles. The topological polar surface area (TPSA) is 54.5 Å². The standard InChI is InChI=1S/C23H22FN3O2/c24-20-9-5-4-8-18(20)16-25-23(28)19-10-11-21(17-6-2-1-3-7-17)26-22(19)27-12-14-29-15-13-27/h1-11H,12-16H2,(H,25,28). The fraction of sp³-hybridized carbons (Fsp3) is 0.217. The highest BCUT2D eigenvalue weighted by Gasteiger charge is 2.21. The average Bonchev–Trinajstić information content (AvgIpc) is 2.79. The lowest BCUT2D eigenvalue weighted by molar-refractivity contribution is 0.0948.